The summed E-state index contributed by atoms with van der Waals surface area (Å²) in [7, 11) is -4.87. The van der Waals surface area contributed by atoms with E-state index in [1.54, 1.807) is 0 Å². The van der Waals surface area contributed by atoms with Crippen LogP contribution in [0.25, 0.3) is 11.1 Å². The molecule has 3 rings (SSSR count). The van der Waals surface area contributed by atoms with Crippen molar-refractivity contribution in [2.45, 2.75) is 24.5 Å². The number of alkyl carbamates (subject to hydrolysis) is 1. The Kier molecular flexibility index (Phi) is 7.78. The van der Waals surface area contributed by atoms with E-state index < -0.39 is 38.5 Å². The van der Waals surface area contributed by atoms with E-state index in [-0.39, 0.29) is 25.5 Å². The van der Waals surface area contributed by atoms with Gasteiger partial charge in [0.05, 0.1) is 6.10 Å². The molecule has 1 unspecified atom stereocenters. The molecule has 10 nitrogen and oxygen atoms in total. The molecule has 2 aromatic carbocycles. The van der Waals surface area contributed by atoms with Crippen LogP contribution < -0.4 is 5.32 Å². The quantitative estimate of drug-likeness (QED) is 0.326. The second kappa shape index (κ2) is 10.4. The largest absolute Gasteiger partial charge is 0.470 e. The number of carbonyl (C=O) groups is 2. The second-order valence-corrected chi connectivity index (χ2v) is 8.52. The second-order valence-electron chi connectivity index (χ2n) is 7.28. The molecule has 0 heterocycles. The van der Waals surface area contributed by atoms with Crippen molar-refractivity contribution in [1.82, 2.24) is 5.32 Å². The van der Waals surface area contributed by atoms with Crippen LogP contribution in [0.5, 0.6) is 0 Å². The minimum atomic E-state index is -4.87. The van der Waals surface area contributed by atoms with E-state index in [2.05, 4.69) is 9.84 Å². The number of nitrogens with one attached hydrogen (secondary N) is 1. The average Bonchev–Trinajstić information content (AvgIpc) is 3.08. The number of hydrogen-bond donors (Lipinski definition) is 5. The lowest BCUT2D eigenvalue weighted by Gasteiger charge is -2.18. The third-order valence-corrected chi connectivity index (χ3v) is 5.59. The summed E-state index contributed by atoms with van der Waals surface area (Å²) in [6.07, 6.45) is -4.38. The topological polar surface area (TPSA) is 163 Å². The van der Waals surface area contributed by atoms with Gasteiger partial charge in [-0.15, -0.1) is 0 Å². The van der Waals surface area contributed by atoms with Gasteiger partial charge in [-0.2, -0.15) is 0 Å². The minimum Gasteiger partial charge on any atom is -0.449 e. The van der Waals surface area contributed by atoms with Gasteiger partial charge in [0.2, 0.25) is 0 Å². The highest BCUT2D eigenvalue weighted by Crippen LogP contribution is 2.44. The molecule has 0 aliphatic heterocycles. The van der Waals surface area contributed by atoms with E-state index in [1.165, 1.54) is 0 Å². The van der Waals surface area contributed by atoms with Crippen LogP contribution in [-0.2, 0) is 18.6 Å². The van der Waals surface area contributed by atoms with Gasteiger partial charge < -0.3 is 30.1 Å². The van der Waals surface area contributed by atoms with Crippen LogP contribution in [0, 0.1) is 0 Å². The number of phosphoric ester groups is 1. The zero-order valence-corrected chi connectivity index (χ0v) is 17.9. The number of ether oxygens (including phenoxy) is 1. The van der Waals surface area contributed by atoms with Crippen molar-refractivity contribution in [1.29, 1.82) is 0 Å². The molecule has 5 N–H and O–H groups in total. The van der Waals surface area contributed by atoms with Crippen molar-refractivity contribution in [2.75, 3.05) is 19.8 Å². The van der Waals surface area contributed by atoms with Crippen LogP contribution in [0.3, 0.4) is 0 Å². The lowest BCUT2D eigenvalue weighted by molar-refractivity contribution is -0.135. The molecular weight excluding hydrogens is 441 g/mol. The molecule has 2 aromatic rings. The first-order valence-electron chi connectivity index (χ1n) is 9.85. The Hall–Kier alpha value is -2.59. The van der Waals surface area contributed by atoms with Crippen molar-refractivity contribution in [3.63, 3.8) is 0 Å². The van der Waals surface area contributed by atoms with Crippen LogP contribution in [-0.4, -0.2) is 63.8 Å². The molecule has 11 heteroatoms. The Balaban J connectivity index is 1.45. The molecule has 0 aromatic heterocycles. The molecule has 0 spiro atoms. The van der Waals surface area contributed by atoms with Gasteiger partial charge in [-0.3, -0.25) is 9.32 Å². The fourth-order valence-corrected chi connectivity index (χ4v) is 3.87. The molecule has 0 bridgehead atoms. The predicted octanol–water partition coefficient (Wildman–Crippen LogP) is 1.32. The summed E-state index contributed by atoms with van der Waals surface area (Å²) in [5.74, 6) is -1.20. The number of benzene rings is 2. The van der Waals surface area contributed by atoms with E-state index in [0.717, 1.165) is 22.3 Å². The number of hydrogen-bond acceptors (Lipinski definition) is 7. The Morgan fingerprint density at radius 3 is 2.12 bits per heavy atom. The summed E-state index contributed by atoms with van der Waals surface area (Å²) < 4.78 is 19.9. The molecular formula is C21H24NO9P. The predicted molar refractivity (Wildman–Crippen MR) is 113 cm³/mol. The van der Waals surface area contributed by atoms with Gasteiger partial charge in [-0.05, 0) is 28.7 Å². The third kappa shape index (κ3) is 6.01. The number of Topliss-reactive ketones (excluding diaryl/α,β-unsaturated/α-hetero) is 1. The van der Waals surface area contributed by atoms with Gasteiger partial charge in [0.25, 0.3) is 0 Å². The normalized spacial score (nSPS) is 14.9. The lowest BCUT2D eigenvalue weighted by atomic mass is 9.98. The highest BCUT2D eigenvalue weighted by Gasteiger charge is 2.29. The SMILES string of the molecule is O=C(NCCC(O)[C@H](O)C(=O)COP(=O)(O)O)OCC1c2ccccc2-c2ccccc21. The Morgan fingerprint density at radius 2 is 1.56 bits per heavy atom. The first kappa shape index (κ1) is 24.1. The fourth-order valence-electron chi connectivity index (χ4n) is 3.58. The first-order chi connectivity index (χ1) is 15.2. The monoisotopic (exact) mass is 465 g/mol. The van der Waals surface area contributed by atoms with Crippen molar-refractivity contribution in [2.24, 2.45) is 0 Å². The lowest BCUT2D eigenvalue weighted by Crippen LogP contribution is -2.39. The maximum Gasteiger partial charge on any atom is 0.470 e. The van der Waals surface area contributed by atoms with Crippen LogP contribution in [0.15, 0.2) is 48.5 Å². The highest BCUT2D eigenvalue weighted by atomic mass is 31.2. The summed E-state index contributed by atoms with van der Waals surface area (Å²) in [5.41, 5.74) is 4.33. The maximum absolute atomic E-state index is 12.1. The summed E-state index contributed by atoms with van der Waals surface area (Å²) in [6, 6.07) is 15.8. The first-order valence-corrected chi connectivity index (χ1v) is 11.4. The van der Waals surface area contributed by atoms with Crippen LogP contribution in [0.4, 0.5) is 4.79 Å². The molecule has 172 valence electrons. The van der Waals surface area contributed by atoms with Gasteiger partial charge in [0, 0.05) is 12.5 Å². The van der Waals surface area contributed by atoms with Crippen molar-refractivity contribution in [3.05, 3.63) is 59.7 Å². The minimum absolute atomic E-state index is 0.0957. The van der Waals surface area contributed by atoms with Crippen molar-refractivity contribution >= 4 is 19.7 Å². The number of fused-ring (bicyclic) bond motifs is 3. The molecule has 0 saturated heterocycles. The number of amides is 1. The number of phosphoric acid groups is 1. The Labute approximate surface area is 184 Å². The number of aliphatic hydroxyl groups excluding tert-OH is 2. The molecule has 32 heavy (non-hydrogen) atoms. The molecule has 0 saturated carbocycles. The zero-order chi connectivity index (χ0) is 23.3. The van der Waals surface area contributed by atoms with Gasteiger partial charge in [-0.25, -0.2) is 9.36 Å². The summed E-state index contributed by atoms with van der Waals surface area (Å²) >= 11 is 0. The van der Waals surface area contributed by atoms with Crippen molar-refractivity contribution < 1.29 is 43.4 Å². The van der Waals surface area contributed by atoms with Crippen molar-refractivity contribution in [3.8, 4) is 11.1 Å². The average molecular weight is 465 g/mol. The van der Waals surface area contributed by atoms with Crippen LogP contribution >= 0.6 is 7.82 Å². The Bertz CT molecular complexity index is 976. The number of aliphatic hydroxyl groups is 2. The molecule has 1 aliphatic rings. The van der Waals surface area contributed by atoms with Gasteiger partial charge in [0.1, 0.15) is 19.3 Å². The summed E-state index contributed by atoms with van der Waals surface area (Å²) in [5, 5.41) is 22.0. The smallest absolute Gasteiger partial charge is 0.449 e. The van der Waals surface area contributed by atoms with Crippen LogP contribution in [0.2, 0.25) is 0 Å². The molecule has 0 fully saturated rings. The van der Waals surface area contributed by atoms with Crippen LogP contribution in [0.1, 0.15) is 23.5 Å². The van der Waals surface area contributed by atoms with Gasteiger partial charge >= 0.3 is 13.9 Å². The van der Waals surface area contributed by atoms with E-state index in [0.29, 0.717) is 0 Å². The van der Waals surface area contributed by atoms with E-state index >= 15 is 0 Å². The standard InChI is InChI=1S/C21H24NO9P/c23-18(20(25)19(24)12-31-32(27,28)29)9-10-22-21(26)30-11-17-15-7-3-1-5-13(15)14-6-2-4-8-16(14)17/h1-8,17-18,20,23,25H,9-12H2,(H,22,26)(H2,27,28,29)/t18?,20-/m0/s1. The van der Waals surface area contributed by atoms with E-state index in [9.17, 15) is 24.4 Å². The highest BCUT2D eigenvalue weighted by molar-refractivity contribution is 7.46. The third-order valence-electron chi connectivity index (χ3n) is 5.12. The molecule has 2 atom stereocenters. The summed E-state index contributed by atoms with van der Waals surface area (Å²) in [6.45, 7) is -1.03. The van der Waals surface area contributed by atoms with E-state index in [1.807, 2.05) is 48.5 Å². The van der Waals surface area contributed by atoms with E-state index in [4.69, 9.17) is 14.5 Å². The number of rotatable bonds is 10. The molecule has 1 amide bonds. The maximum atomic E-state index is 12.1. The molecule has 1 aliphatic carbocycles. The fraction of sp³-hybridized carbons (Fsp3) is 0.333. The van der Waals surface area contributed by atoms with Gasteiger partial charge in [-0.1, -0.05) is 48.5 Å². The van der Waals surface area contributed by atoms with Gasteiger partial charge in [0.15, 0.2) is 5.78 Å². The number of carbonyl (C=O) groups excluding carboxylic acids is 2. The zero-order valence-electron chi connectivity index (χ0n) is 17.0. The number of ketones is 1. The Morgan fingerprint density at radius 1 is 1.00 bits per heavy atom. The molecule has 0 radical (unpaired) electrons. The summed E-state index contributed by atoms with van der Waals surface area (Å²) in [4.78, 5) is 40.8.